The summed E-state index contributed by atoms with van der Waals surface area (Å²) in [6, 6.07) is 0.571. The first-order valence-corrected chi connectivity index (χ1v) is 5.18. The van der Waals surface area contributed by atoms with Crippen LogP contribution in [0.4, 0.5) is 11.6 Å². The second-order valence-corrected chi connectivity index (χ2v) is 3.81. The number of rotatable bonds is 2. The quantitative estimate of drug-likeness (QED) is 0.750. The number of nitrogens with two attached hydrogens (primary N) is 1. The monoisotopic (exact) mass is 192 g/mol. The van der Waals surface area contributed by atoms with Gasteiger partial charge in [0.1, 0.15) is 11.6 Å². The van der Waals surface area contributed by atoms with Crippen molar-refractivity contribution in [2.45, 2.75) is 38.1 Å². The molecular weight excluding hydrogens is 176 g/mol. The molecule has 1 aromatic rings. The Morgan fingerprint density at radius 2 is 1.93 bits per heavy atom. The number of anilines is 2. The molecule has 76 valence electrons. The molecule has 0 unspecified atom stereocenters. The van der Waals surface area contributed by atoms with E-state index < -0.39 is 0 Å². The Kier molecular flexibility index (Phi) is 2.81. The molecular formula is C10H16N4. The Labute approximate surface area is 83.9 Å². The van der Waals surface area contributed by atoms with E-state index >= 15 is 0 Å². The van der Waals surface area contributed by atoms with E-state index in [-0.39, 0.29) is 0 Å². The normalized spacial score (nSPS) is 18.0. The van der Waals surface area contributed by atoms with E-state index in [1.807, 2.05) is 0 Å². The van der Waals surface area contributed by atoms with E-state index in [1.165, 1.54) is 32.1 Å². The minimum Gasteiger partial charge on any atom is -0.382 e. The minimum atomic E-state index is 0.471. The minimum absolute atomic E-state index is 0.471. The van der Waals surface area contributed by atoms with Crippen molar-refractivity contribution in [1.82, 2.24) is 9.97 Å². The van der Waals surface area contributed by atoms with Crippen molar-refractivity contribution in [2.75, 3.05) is 11.1 Å². The third kappa shape index (κ3) is 2.34. The van der Waals surface area contributed by atoms with E-state index in [4.69, 9.17) is 5.73 Å². The van der Waals surface area contributed by atoms with Crippen LogP contribution in [0.3, 0.4) is 0 Å². The van der Waals surface area contributed by atoms with Crippen molar-refractivity contribution in [3.8, 4) is 0 Å². The van der Waals surface area contributed by atoms with Gasteiger partial charge >= 0.3 is 0 Å². The van der Waals surface area contributed by atoms with Crippen LogP contribution in [0.5, 0.6) is 0 Å². The summed E-state index contributed by atoms with van der Waals surface area (Å²) < 4.78 is 0. The summed E-state index contributed by atoms with van der Waals surface area (Å²) in [6.07, 6.45) is 9.78. The summed E-state index contributed by atoms with van der Waals surface area (Å²) in [7, 11) is 0. The van der Waals surface area contributed by atoms with E-state index in [0.717, 1.165) is 5.82 Å². The van der Waals surface area contributed by atoms with Gasteiger partial charge in [0.2, 0.25) is 0 Å². The van der Waals surface area contributed by atoms with Crippen LogP contribution < -0.4 is 11.1 Å². The van der Waals surface area contributed by atoms with Gasteiger partial charge < -0.3 is 11.1 Å². The SMILES string of the molecule is Nc1cnc(NC2CCCCC2)cn1. The highest BCUT2D eigenvalue weighted by Gasteiger charge is 2.13. The lowest BCUT2D eigenvalue weighted by Crippen LogP contribution is -2.22. The maximum absolute atomic E-state index is 5.46. The Morgan fingerprint density at radius 1 is 1.14 bits per heavy atom. The van der Waals surface area contributed by atoms with Crippen molar-refractivity contribution >= 4 is 11.6 Å². The van der Waals surface area contributed by atoms with Gasteiger partial charge in [-0.1, -0.05) is 19.3 Å². The summed E-state index contributed by atoms with van der Waals surface area (Å²) in [5, 5.41) is 3.38. The van der Waals surface area contributed by atoms with E-state index in [2.05, 4.69) is 15.3 Å². The average molecular weight is 192 g/mol. The summed E-state index contributed by atoms with van der Waals surface area (Å²) >= 11 is 0. The highest BCUT2D eigenvalue weighted by molar-refractivity contribution is 5.36. The van der Waals surface area contributed by atoms with Crippen LogP contribution in [0.1, 0.15) is 32.1 Å². The third-order valence-electron chi connectivity index (χ3n) is 2.63. The molecule has 1 aliphatic carbocycles. The molecule has 1 aliphatic rings. The van der Waals surface area contributed by atoms with E-state index in [9.17, 15) is 0 Å². The zero-order chi connectivity index (χ0) is 9.80. The summed E-state index contributed by atoms with van der Waals surface area (Å²) in [6.45, 7) is 0. The fourth-order valence-electron chi connectivity index (χ4n) is 1.87. The molecule has 1 fully saturated rings. The lowest BCUT2D eigenvalue weighted by Gasteiger charge is -2.22. The number of nitrogens with zero attached hydrogens (tertiary/aromatic N) is 2. The first-order valence-electron chi connectivity index (χ1n) is 5.18. The molecule has 0 spiro atoms. The van der Waals surface area contributed by atoms with Crippen LogP contribution in [-0.2, 0) is 0 Å². The molecule has 0 aliphatic heterocycles. The maximum atomic E-state index is 5.46. The number of nitrogens with one attached hydrogen (secondary N) is 1. The van der Waals surface area contributed by atoms with Crippen molar-refractivity contribution in [3.63, 3.8) is 0 Å². The number of hydrogen-bond donors (Lipinski definition) is 2. The van der Waals surface area contributed by atoms with Gasteiger partial charge in [-0.15, -0.1) is 0 Å². The molecule has 1 heterocycles. The zero-order valence-corrected chi connectivity index (χ0v) is 8.24. The highest BCUT2D eigenvalue weighted by Crippen LogP contribution is 2.20. The molecule has 3 N–H and O–H groups in total. The maximum Gasteiger partial charge on any atom is 0.144 e. The predicted molar refractivity (Wildman–Crippen MR) is 56.9 cm³/mol. The fourth-order valence-corrected chi connectivity index (χ4v) is 1.87. The van der Waals surface area contributed by atoms with Crippen LogP contribution in [0.25, 0.3) is 0 Å². The van der Waals surface area contributed by atoms with Gasteiger partial charge in [0.15, 0.2) is 0 Å². The Balaban J connectivity index is 1.92. The van der Waals surface area contributed by atoms with Gasteiger partial charge in [0.25, 0.3) is 0 Å². The van der Waals surface area contributed by atoms with Crippen molar-refractivity contribution < 1.29 is 0 Å². The smallest absolute Gasteiger partial charge is 0.144 e. The molecule has 0 saturated heterocycles. The van der Waals surface area contributed by atoms with Crippen LogP contribution in [0.2, 0.25) is 0 Å². The van der Waals surface area contributed by atoms with Gasteiger partial charge in [0, 0.05) is 6.04 Å². The molecule has 0 aromatic carbocycles. The van der Waals surface area contributed by atoms with Crippen molar-refractivity contribution in [1.29, 1.82) is 0 Å². The summed E-state index contributed by atoms with van der Waals surface area (Å²) in [5.74, 6) is 1.31. The van der Waals surface area contributed by atoms with Crippen LogP contribution >= 0.6 is 0 Å². The molecule has 1 aromatic heterocycles. The lowest BCUT2D eigenvalue weighted by molar-refractivity contribution is 0.462. The standard InChI is InChI=1S/C10H16N4/c11-9-6-13-10(7-12-9)14-8-4-2-1-3-5-8/h6-8H,1-5H2,(H2,11,12)(H,13,14). The van der Waals surface area contributed by atoms with Gasteiger partial charge in [-0.05, 0) is 12.8 Å². The average Bonchev–Trinajstić information content (AvgIpc) is 2.23. The van der Waals surface area contributed by atoms with Gasteiger partial charge in [0.05, 0.1) is 12.4 Å². The fraction of sp³-hybridized carbons (Fsp3) is 0.600. The number of hydrogen-bond acceptors (Lipinski definition) is 4. The number of nitrogen functional groups attached to an aromatic ring is 1. The summed E-state index contributed by atoms with van der Waals surface area (Å²) in [5.41, 5.74) is 5.46. The van der Waals surface area contributed by atoms with Gasteiger partial charge in [-0.2, -0.15) is 0 Å². The Hall–Kier alpha value is -1.32. The predicted octanol–water partition coefficient (Wildman–Crippen LogP) is 1.80. The van der Waals surface area contributed by atoms with Crippen LogP contribution in [0, 0.1) is 0 Å². The molecule has 0 bridgehead atoms. The first-order chi connectivity index (χ1) is 6.84. The van der Waals surface area contributed by atoms with Crippen molar-refractivity contribution in [3.05, 3.63) is 12.4 Å². The molecule has 0 atom stereocenters. The molecule has 0 radical (unpaired) electrons. The molecule has 4 heteroatoms. The Bertz CT molecular complexity index is 277. The van der Waals surface area contributed by atoms with E-state index in [1.54, 1.807) is 12.4 Å². The van der Waals surface area contributed by atoms with E-state index in [0.29, 0.717) is 11.9 Å². The van der Waals surface area contributed by atoms with Crippen LogP contribution in [0.15, 0.2) is 12.4 Å². The first kappa shape index (κ1) is 9.24. The highest BCUT2D eigenvalue weighted by atomic mass is 15.0. The number of aromatic nitrogens is 2. The van der Waals surface area contributed by atoms with Crippen molar-refractivity contribution in [2.24, 2.45) is 0 Å². The zero-order valence-electron chi connectivity index (χ0n) is 8.24. The lowest BCUT2D eigenvalue weighted by atomic mass is 9.96. The second kappa shape index (κ2) is 4.26. The molecule has 4 nitrogen and oxygen atoms in total. The van der Waals surface area contributed by atoms with Crippen LogP contribution in [-0.4, -0.2) is 16.0 Å². The summed E-state index contributed by atoms with van der Waals surface area (Å²) in [4.78, 5) is 8.17. The third-order valence-corrected chi connectivity index (χ3v) is 2.63. The topological polar surface area (TPSA) is 63.8 Å². The Morgan fingerprint density at radius 3 is 2.57 bits per heavy atom. The second-order valence-electron chi connectivity index (χ2n) is 3.81. The molecule has 2 rings (SSSR count). The molecule has 1 saturated carbocycles. The molecule has 14 heavy (non-hydrogen) atoms. The van der Waals surface area contributed by atoms with Gasteiger partial charge in [-0.3, -0.25) is 0 Å². The largest absolute Gasteiger partial charge is 0.382 e. The van der Waals surface area contributed by atoms with Gasteiger partial charge in [-0.25, -0.2) is 9.97 Å². The molecule has 0 amide bonds.